The van der Waals surface area contributed by atoms with E-state index in [0.717, 1.165) is 12.8 Å². The van der Waals surface area contributed by atoms with E-state index in [1.54, 1.807) is 18.0 Å². The molecule has 3 rings (SSSR count). The van der Waals surface area contributed by atoms with Crippen LogP contribution in [0.4, 0.5) is 4.79 Å². The lowest BCUT2D eigenvalue weighted by molar-refractivity contribution is -0.132. The summed E-state index contributed by atoms with van der Waals surface area (Å²) >= 11 is 0. The Balaban J connectivity index is 1.76. The van der Waals surface area contributed by atoms with Gasteiger partial charge in [0.2, 0.25) is 5.91 Å². The molecule has 2 fully saturated rings. The molecule has 3 amide bonds. The molecule has 114 valence electrons. The second-order valence-corrected chi connectivity index (χ2v) is 5.94. The molecule has 1 aromatic heterocycles. The topological polar surface area (TPSA) is 84.5 Å². The van der Waals surface area contributed by atoms with Crippen molar-refractivity contribution in [3.8, 4) is 0 Å². The standard InChI is InChI=1S/C14H21N5O2/c1-10(20)19-12(9-18-5-2-4-16-18)7-11-8-17(14(15)21)6-3-13(11)19/h2,4-5,11-13H,3,6-9H2,1H3,(H2,15,21). The summed E-state index contributed by atoms with van der Waals surface area (Å²) in [5.74, 6) is 0.419. The van der Waals surface area contributed by atoms with Crippen LogP contribution in [0.2, 0.25) is 0 Å². The Morgan fingerprint density at radius 2 is 2.24 bits per heavy atom. The van der Waals surface area contributed by atoms with Crippen LogP contribution >= 0.6 is 0 Å². The zero-order chi connectivity index (χ0) is 15.0. The third kappa shape index (κ3) is 2.59. The fourth-order valence-electron chi connectivity index (χ4n) is 3.83. The maximum Gasteiger partial charge on any atom is 0.314 e. The first-order chi connectivity index (χ1) is 10.1. The van der Waals surface area contributed by atoms with Crippen LogP contribution in [0.5, 0.6) is 0 Å². The molecule has 7 nitrogen and oxygen atoms in total. The van der Waals surface area contributed by atoms with Gasteiger partial charge in [0, 0.05) is 38.4 Å². The molecule has 2 N–H and O–H groups in total. The molecule has 2 aliphatic rings. The predicted octanol–water partition coefficient (Wildman–Crippen LogP) is 0.273. The molecule has 2 aliphatic heterocycles. The smallest absolute Gasteiger partial charge is 0.314 e. The fraction of sp³-hybridized carbons (Fsp3) is 0.643. The number of carbonyl (C=O) groups is 2. The summed E-state index contributed by atoms with van der Waals surface area (Å²) in [6.07, 6.45) is 5.36. The molecule has 0 aliphatic carbocycles. The van der Waals surface area contributed by atoms with Gasteiger partial charge in [-0.3, -0.25) is 9.48 Å². The third-order valence-corrected chi connectivity index (χ3v) is 4.65. The van der Waals surface area contributed by atoms with Gasteiger partial charge in [0.1, 0.15) is 0 Å². The van der Waals surface area contributed by atoms with Crippen LogP contribution in [-0.4, -0.2) is 56.7 Å². The summed E-state index contributed by atoms with van der Waals surface area (Å²) < 4.78 is 1.86. The third-order valence-electron chi connectivity index (χ3n) is 4.65. The number of hydrogen-bond acceptors (Lipinski definition) is 3. The Bertz CT molecular complexity index is 529. The molecular formula is C14H21N5O2. The molecule has 0 spiro atoms. The van der Waals surface area contributed by atoms with E-state index in [1.807, 2.05) is 21.8 Å². The number of amides is 3. The molecule has 7 heteroatoms. The molecule has 0 bridgehead atoms. The zero-order valence-electron chi connectivity index (χ0n) is 12.2. The second-order valence-electron chi connectivity index (χ2n) is 5.94. The molecule has 3 unspecified atom stereocenters. The molecule has 0 aromatic carbocycles. The molecule has 21 heavy (non-hydrogen) atoms. The van der Waals surface area contributed by atoms with Gasteiger partial charge in [0.15, 0.2) is 0 Å². The fourth-order valence-corrected chi connectivity index (χ4v) is 3.83. The van der Waals surface area contributed by atoms with E-state index < -0.39 is 0 Å². The maximum atomic E-state index is 12.0. The van der Waals surface area contributed by atoms with E-state index in [9.17, 15) is 9.59 Å². The maximum absolute atomic E-state index is 12.0. The molecule has 0 saturated carbocycles. The molecular weight excluding hydrogens is 270 g/mol. The van der Waals surface area contributed by atoms with Gasteiger partial charge >= 0.3 is 6.03 Å². The minimum atomic E-state index is -0.363. The first-order valence-electron chi connectivity index (χ1n) is 7.37. The first-order valence-corrected chi connectivity index (χ1v) is 7.37. The van der Waals surface area contributed by atoms with Crippen LogP contribution in [0, 0.1) is 5.92 Å². The number of rotatable bonds is 2. The minimum absolute atomic E-state index is 0.104. The van der Waals surface area contributed by atoms with Crippen molar-refractivity contribution in [3.05, 3.63) is 18.5 Å². The molecule has 0 radical (unpaired) electrons. The van der Waals surface area contributed by atoms with Gasteiger partial charge in [-0.25, -0.2) is 4.79 Å². The number of hydrogen-bond donors (Lipinski definition) is 1. The highest BCUT2D eigenvalue weighted by atomic mass is 16.2. The van der Waals surface area contributed by atoms with Crippen molar-refractivity contribution in [1.82, 2.24) is 19.6 Å². The van der Waals surface area contributed by atoms with Crippen LogP contribution in [0.15, 0.2) is 18.5 Å². The van der Waals surface area contributed by atoms with Crippen molar-refractivity contribution in [3.63, 3.8) is 0 Å². The number of carbonyl (C=O) groups excluding carboxylic acids is 2. The van der Waals surface area contributed by atoms with Crippen molar-refractivity contribution in [2.45, 2.75) is 38.4 Å². The molecule has 3 heterocycles. The average Bonchev–Trinajstić information content (AvgIpc) is 3.04. The number of likely N-dealkylation sites (tertiary alicyclic amines) is 2. The van der Waals surface area contributed by atoms with E-state index in [2.05, 4.69) is 5.10 Å². The highest BCUT2D eigenvalue weighted by Gasteiger charge is 2.45. The van der Waals surface area contributed by atoms with Crippen LogP contribution in [0.25, 0.3) is 0 Å². The van der Waals surface area contributed by atoms with Gasteiger partial charge in [-0.15, -0.1) is 0 Å². The van der Waals surface area contributed by atoms with Crippen LogP contribution in [-0.2, 0) is 11.3 Å². The van der Waals surface area contributed by atoms with Crippen LogP contribution < -0.4 is 5.73 Å². The highest BCUT2D eigenvalue weighted by Crippen LogP contribution is 2.36. The van der Waals surface area contributed by atoms with E-state index in [-0.39, 0.29) is 24.0 Å². The van der Waals surface area contributed by atoms with E-state index in [1.165, 1.54) is 0 Å². The Hall–Kier alpha value is -2.05. The summed E-state index contributed by atoms with van der Waals surface area (Å²) in [7, 11) is 0. The molecule has 1 aromatic rings. The van der Waals surface area contributed by atoms with Gasteiger partial charge in [-0.2, -0.15) is 5.10 Å². The summed E-state index contributed by atoms with van der Waals surface area (Å²) in [6, 6.07) is 1.89. The first kappa shape index (κ1) is 13.9. The van der Waals surface area contributed by atoms with Crippen LogP contribution in [0.1, 0.15) is 19.8 Å². The monoisotopic (exact) mass is 291 g/mol. The largest absolute Gasteiger partial charge is 0.351 e. The Morgan fingerprint density at radius 1 is 1.43 bits per heavy atom. The van der Waals surface area contributed by atoms with E-state index in [4.69, 9.17) is 5.73 Å². The SMILES string of the molecule is CC(=O)N1C(Cn2cccn2)CC2CN(C(N)=O)CCC21. The average molecular weight is 291 g/mol. The van der Waals surface area contributed by atoms with Crippen molar-refractivity contribution in [1.29, 1.82) is 0 Å². The van der Waals surface area contributed by atoms with Crippen molar-refractivity contribution in [2.24, 2.45) is 11.7 Å². The van der Waals surface area contributed by atoms with E-state index in [0.29, 0.717) is 25.6 Å². The summed E-state index contributed by atoms with van der Waals surface area (Å²) in [6.45, 7) is 3.61. The number of urea groups is 1. The summed E-state index contributed by atoms with van der Waals surface area (Å²) in [4.78, 5) is 27.1. The number of piperidine rings is 1. The number of fused-ring (bicyclic) bond motifs is 1. The zero-order valence-corrected chi connectivity index (χ0v) is 12.2. The van der Waals surface area contributed by atoms with Crippen molar-refractivity contribution in [2.75, 3.05) is 13.1 Å². The lowest BCUT2D eigenvalue weighted by Crippen LogP contribution is -2.51. The van der Waals surface area contributed by atoms with E-state index >= 15 is 0 Å². The lowest BCUT2D eigenvalue weighted by atomic mass is 9.92. The van der Waals surface area contributed by atoms with Crippen molar-refractivity contribution < 1.29 is 9.59 Å². The summed E-state index contributed by atoms with van der Waals surface area (Å²) in [5.41, 5.74) is 5.38. The predicted molar refractivity (Wildman–Crippen MR) is 76.2 cm³/mol. The Labute approximate surface area is 123 Å². The van der Waals surface area contributed by atoms with Crippen LogP contribution in [0.3, 0.4) is 0 Å². The van der Waals surface area contributed by atoms with Gasteiger partial charge in [0.05, 0.1) is 12.6 Å². The quantitative estimate of drug-likeness (QED) is 0.849. The summed E-state index contributed by atoms with van der Waals surface area (Å²) in [5, 5.41) is 4.23. The van der Waals surface area contributed by atoms with Gasteiger partial charge in [0.25, 0.3) is 0 Å². The second kappa shape index (κ2) is 5.38. The molecule has 2 saturated heterocycles. The Morgan fingerprint density at radius 3 is 2.86 bits per heavy atom. The molecule has 3 atom stereocenters. The van der Waals surface area contributed by atoms with Gasteiger partial charge < -0.3 is 15.5 Å². The van der Waals surface area contributed by atoms with Gasteiger partial charge in [-0.1, -0.05) is 0 Å². The highest BCUT2D eigenvalue weighted by molar-refractivity contribution is 5.75. The number of aromatic nitrogens is 2. The van der Waals surface area contributed by atoms with Crippen molar-refractivity contribution >= 4 is 11.9 Å². The number of nitrogens with two attached hydrogens (primary N) is 1. The lowest BCUT2D eigenvalue weighted by Gasteiger charge is -2.37. The number of nitrogens with zero attached hydrogens (tertiary/aromatic N) is 4. The Kier molecular flexibility index (Phi) is 3.57. The minimum Gasteiger partial charge on any atom is -0.351 e. The number of primary amides is 1. The van der Waals surface area contributed by atoms with Gasteiger partial charge in [-0.05, 0) is 24.8 Å². The normalized spacial score (nSPS) is 28.5.